The van der Waals surface area contributed by atoms with Gasteiger partial charge in [-0.25, -0.2) is 0 Å². The highest BCUT2D eigenvalue weighted by atomic mass is 16.3. The maximum Gasteiger partial charge on any atom is 0.0594 e. The first-order chi connectivity index (χ1) is 13.2. The van der Waals surface area contributed by atoms with Gasteiger partial charge >= 0.3 is 0 Å². The molecule has 6 atom stereocenters. The molecule has 0 heterocycles. The summed E-state index contributed by atoms with van der Waals surface area (Å²) in [4.78, 5) is 0. The molecule has 1 fully saturated rings. The Morgan fingerprint density at radius 1 is 1.07 bits per heavy atom. The van der Waals surface area contributed by atoms with Crippen molar-refractivity contribution in [2.45, 2.75) is 98.5 Å². The highest BCUT2D eigenvalue weighted by Gasteiger charge is 2.57. The predicted octanol–water partition coefficient (Wildman–Crippen LogP) is 6.04. The normalized spacial score (nSPS) is 43.1. The zero-order valence-electron chi connectivity index (χ0n) is 18.9. The molecule has 2 heteroatoms. The van der Waals surface area contributed by atoms with E-state index in [4.69, 9.17) is 0 Å². The molecule has 2 nitrogen and oxygen atoms in total. The first kappa shape index (κ1) is 20.7. The SMILES string of the molecule is C[C@H](CCCO)[C@H]1CC=C2C3=C(CC[C@@]21C)[C@@]1(C)CC[C@H](O)C(C)(C)[C@@H]1CC3. The Bertz CT molecular complexity index is 687. The Morgan fingerprint density at radius 2 is 1.82 bits per heavy atom. The quantitative estimate of drug-likeness (QED) is 0.619. The molecule has 0 radical (unpaired) electrons. The summed E-state index contributed by atoms with van der Waals surface area (Å²) in [6, 6.07) is 0. The molecule has 28 heavy (non-hydrogen) atoms. The van der Waals surface area contributed by atoms with E-state index in [9.17, 15) is 10.2 Å². The summed E-state index contributed by atoms with van der Waals surface area (Å²) in [5.41, 5.74) is 5.81. The van der Waals surface area contributed by atoms with Crippen LogP contribution in [0.4, 0.5) is 0 Å². The van der Waals surface area contributed by atoms with Crippen molar-refractivity contribution in [2.75, 3.05) is 6.61 Å². The molecular weight excluding hydrogens is 344 g/mol. The van der Waals surface area contributed by atoms with Crippen LogP contribution in [0.25, 0.3) is 0 Å². The second-order valence-electron chi connectivity index (χ2n) is 11.6. The van der Waals surface area contributed by atoms with Crippen molar-refractivity contribution in [2.24, 2.45) is 34.0 Å². The highest BCUT2D eigenvalue weighted by Crippen LogP contribution is 2.66. The van der Waals surface area contributed by atoms with Crippen LogP contribution in [0.3, 0.4) is 0 Å². The molecule has 0 aromatic rings. The van der Waals surface area contributed by atoms with Crippen LogP contribution >= 0.6 is 0 Å². The van der Waals surface area contributed by atoms with Gasteiger partial charge in [0.2, 0.25) is 0 Å². The van der Waals surface area contributed by atoms with Gasteiger partial charge in [0.05, 0.1) is 6.10 Å². The summed E-state index contributed by atoms with van der Waals surface area (Å²) >= 11 is 0. The van der Waals surface area contributed by atoms with E-state index < -0.39 is 0 Å². The van der Waals surface area contributed by atoms with Crippen LogP contribution in [0.2, 0.25) is 0 Å². The second-order valence-corrected chi connectivity index (χ2v) is 11.6. The Balaban J connectivity index is 1.66. The fraction of sp³-hybridized carbons (Fsp3) is 0.846. The molecule has 0 aromatic heterocycles. The average Bonchev–Trinajstić information content (AvgIpc) is 3.00. The molecule has 158 valence electrons. The predicted molar refractivity (Wildman–Crippen MR) is 116 cm³/mol. The number of aliphatic hydroxyl groups is 2. The van der Waals surface area contributed by atoms with Crippen LogP contribution in [-0.4, -0.2) is 22.9 Å². The Kier molecular flexibility index (Phi) is 5.15. The molecule has 0 unspecified atom stereocenters. The van der Waals surface area contributed by atoms with Crippen molar-refractivity contribution in [1.29, 1.82) is 0 Å². The van der Waals surface area contributed by atoms with E-state index >= 15 is 0 Å². The summed E-state index contributed by atoms with van der Waals surface area (Å²) in [5.74, 6) is 2.02. The minimum atomic E-state index is -0.149. The van der Waals surface area contributed by atoms with Gasteiger partial charge in [-0.15, -0.1) is 0 Å². The molecule has 2 N–H and O–H groups in total. The number of allylic oxidation sites excluding steroid dienone is 4. The minimum Gasteiger partial charge on any atom is -0.396 e. The molecule has 0 aromatic carbocycles. The van der Waals surface area contributed by atoms with Crippen LogP contribution in [0.5, 0.6) is 0 Å². The van der Waals surface area contributed by atoms with Gasteiger partial charge in [0.15, 0.2) is 0 Å². The molecule has 0 amide bonds. The second kappa shape index (κ2) is 6.98. The van der Waals surface area contributed by atoms with Gasteiger partial charge in [-0.1, -0.05) is 46.3 Å². The molecule has 1 saturated carbocycles. The lowest BCUT2D eigenvalue weighted by atomic mass is 9.46. The number of rotatable bonds is 4. The number of hydrogen-bond donors (Lipinski definition) is 2. The molecule has 0 spiro atoms. The van der Waals surface area contributed by atoms with Crippen LogP contribution in [0, 0.1) is 34.0 Å². The molecule has 4 aliphatic rings. The third-order valence-electron chi connectivity index (χ3n) is 9.93. The van der Waals surface area contributed by atoms with E-state index in [1.165, 1.54) is 32.1 Å². The summed E-state index contributed by atoms with van der Waals surface area (Å²) < 4.78 is 0. The van der Waals surface area contributed by atoms with E-state index in [2.05, 4.69) is 40.7 Å². The Hall–Kier alpha value is -0.600. The van der Waals surface area contributed by atoms with Crippen molar-refractivity contribution in [1.82, 2.24) is 0 Å². The number of fused-ring (bicyclic) bond motifs is 4. The molecule has 4 rings (SSSR count). The summed E-state index contributed by atoms with van der Waals surface area (Å²) in [5, 5.41) is 20.0. The van der Waals surface area contributed by atoms with Crippen molar-refractivity contribution < 1.29 is 10.2 Å². The number of aliphatic hydroxyl groups excluding tert-OH is 2. The Morgan fingerprint density at radius 3 is 2.54 bits per heavy atom. The standard InChI is InChI=1S/C26H42O2/c1-17(7-6-16-27)19-9-10-20-18-8-11-22-24(2,3)23(28)13-15-26(22,5)21(18)12-14-25(19,20)4/h10,17,19,22-23,27-28H,6-9,11-16H2,1-5H3/t17-,19-,22+,23+,25-,26-/m1/s1. The van der Waals surface area contributed by atoms with Crippen molar-refractivity contribution in [3.8, 4) is 0 Å². The van der Waals surface area contributed by atoms with Crippen molar-refractivity contribution in [3.63, 3.8) is 0 Å². The first-order valence-corrected chi connectivity index (χ1v) is 11.9. The fourth-order valence-electron chi connectivity index (χ4n) is 8.19. The van der Waals surface area contributed by atoms with Crippen molar-refractivity contribution >= 4 is 0 Å². The van der Waals surface area contributed by atoms with Crippen LogP contribution < -0.4 is 0 Å². The summed E-state index contributed by atoms with van der Waals surface area (Å²) in [7, 11) is 0. The zero-order valence-corrected chi connectivity index (χ0v) is 18.9. The first-order valence-electron chi connectivity index (χ1n) is 11.9. The third kappa shape index (κ3) is 2.81. The van der Waals surface area contributed by atoms with E-state index in [0.717, 1.165) is 31.6 Å². The van der Waals surface area contributed by atoms with E-state index in [1.807, 2.05) is 0 Å². The molecule has 4 aliphatic carbocycles. The van der Waals surface area contributed by atoms with Gasteiger partial charge in [-0.05, 0) is 103 Å². The topological polar surface area (TPSA) is 40.5 Å². The van der Waals surface area contributed by atoms with Crippen LogP contribution in [0.15, 0.2) is 22.8 Å². The van der Waals surface area contributed by atoms with Crippen LogP contribution in [-0.2, 0) is 0 Å². The average molecular weight is 387 g/mol. The van der Waals surface area contributed by atoms with Gasteiger partial charge in [-0.2, -0.15) is 0 Å². The van der Waals surface area contributed by atoms with Gasteiger partial charge < -0.3 is 10.2 Å². The van der Waals surface area contributed by atoms with E-state index in [1.54, 1.807) is 16.7 Å². The molecule has 0 saturated heterocycles. The lowest BCUT2D eigenvalue weighted by Crippen LogP contribution is -2.53. The monoisotopic (exact) mass is 386 g/mol. The maximum atomic E-state index is 10.7. The number of hydrogen-bond acceptors (Lipinski definition) is 2. The van der Waals surface area contributed by atoms with E-state index in [-0.39, 0.29) is 16.9 Å². The molecular formula is C26H42O2. The van der Waals surface area contributed by atoms with Gasteiger partial charge in [-0.3, -0.25) is 0 Å². The van der Waals surface area contributed by atoms with Crippen molar-refractivity contribution in [3.05, 3.63) is 22.8 Å². The van der Waals surface area contributed by atoms with Gasteiger partial charge in [0.1, 0.15) is 0 Å². The smallest absolute Gasteiger partial charge is 0.0594 e. The van der Waals surface area contributed by atoms with E-state index in [0.29, 0.717) is 23.9 Å². The Labute approximate surface area is 172 Å². The summed E-state index contributed by atoms with van der Waals surface area (Å²) in [6.45, 7) is 12.4. The fourth-order valence-corrected chi connectivity index (χ4v) is 8.19. The third-order valence-corrected chi connectivity index (χ3v) is 9.93. The van der Waals surface area contributed by atoms with Crippen LogP contribution in [0.1, 0.15) is 92.4 Å². The minimum absolute atomic E-state index is 0.0255. The lowest BCUT2D eigenvalue weighted by Gasteiger charge is -2.59. The molecule has 0 bridgehead atoms. The maximum absolute atomic E-state index is 10.7. The zero-order chi connectivity index (χ0) is 20.3. The largest absolute Gasteiger partial charge is 0.396 e. The highest BCUT2D eigenvalue weighted by molar-refractivity contribution is 5.49. The summed E-state index contributed by atoms with van der Waals surface area (Å²) in [6.07, 6.45) is 12.9. The molecule has 0 aliphatic heterocycles. The lowest BCUT2D eigenvalue weighted by molar-refractivity contribution is -0.0905. The van der Waals surface area contributed by atoms with Gasteiger partial charge in [0.25, 0.3) is 0 Å². The van der Waals surface area contributed by atoms with Gasteiger partial charge in [0, 0.05) is 6.61 Å².